The number of nitrogens with one attached hydrogen (secondary N) is 1. The van der Waals surface area contributed by atoms with Crippen molar-refractivity contribution in [1.29, 1.82) is 0 Å². The third-order valence-electron chi connectivity index (χ3n) is 2.74. The molecular formula is C15H17N3O2. The predicted molar refractivity (Wildman–Crippen MR) is 76.3 cm³/mol. The molecular weight excluding hydrogens is 254 g/mol. The molecule has 0 unspecified atom stereocenters. The van der Waals surface area contributed by atoms with Crippen molar-refractivity contribution in [1.82, 2.24) is 15.3 Å². The molecule has 2 aromatic rings. The van der Waals surface area contributed by atoms with Crippen molar-refractivity contribution in [2.45, 2.75) is 13.0 Å². The summed E-state index contributed by atoms with van der Waals surface area (Å²) in [4.78, 5) is 20.5. The smallest absolute Gasteiger partial charge is 0.251 e. The average Bonchev–Trinajstić information content (AvgIpc) is 2.48. The number of hydrogen-bond acceptors (Lipinski definition) is 4. The van der Waals surface area contributed by atoms with E-state index in [1.54, 1.807) is 37.7 Å². The summed E-state index contributed by atoms with van der Waals surface area (Å²) in [6, 6.07) is 8.97. The van der Waals surface area contributed by atoms with Crippen LogP contribution < -0.4 is 5.32 Å². The quantitative estimate of drug-likeness (QED) is 0.902. The van der Waals surface area contributed by atoms with Crippen molar-refractivity contribution in [2.75, 3.05) is 13.7 Å². The molecule has 0 saturated heterocycles. The number of hydrogen-bond donors (Lipinski definition) is 1. The minimum atomic E-state index is -0.132. The Balaban J connectivity index is 2.16. The summed E-state index contributed by atoms with van der Waals surface area (Å²) < 4.78 is 5.00. The van der Waals surface area contributed by atoms with Crippen LogP contribution in [0.2, 0.25) is 0 Å². The van der Waals surface area contributed by atoms with Crippen LogP contribution in [-0.4, -0.2) is 35.6 Å². The fourth-order valence-corrected chi connectivity index (χ4v) is 1.85. The van der Waals surface area contributed by atoms with Gasteiger partial charge in [0.25, 0.3) is 5.91 Å². The monoisotopic (exact) mass is 271 g/mol. The number of ether oxygens (including phenoxy) is 1. The molecule has 1 aromatic heterocycles. The Morgan fingerprint density at radius 3 is 2.75 bits per heavy atom. The molecule has 0 aliphatic rings. The van der Waals surface area contributed by atoms with Crippen molar-refractivity contribution >= 4 is 5.91 Å². The maximum absolute atomic E-state index is 12.1. The van der Waals surface area contributed by atoms with E-state index in [-0.39, 0.29) is 11.9 Å². The van der Waals surface area contributed by atoms with Crippen LogP contribution in [-0.2, 0) is 4.74 Å². The third kappa shape index (κ3) is 3.61. The molecule has 0 aliphatic carbocycles. The van der Waals surface area contributed by atoms with E-state index in [2.05, 4.69) is 15.3 Å². The van der Waals surface area contributed by atoms with E-state index in [1.165, 1.54) is 0 Å². The second-order valence-corrected chi connectivity index (χ2v) is 4.48. The molecule has 0 fully saturated rings. The van der Waals surface area contributed by atoms with Gasteiger partial charge in [-0.15, -0.1) is 0 Å². The molecule has 0 bridgehead atoms. The van der Waals surface area contributed by atoms with Crippen molar-refractivity contribution in [2.24, 2.45) is 0 Å². The highest BCUT2D eigenvalue weighted by atomic mass is 16.5. The maximum atomic E-state index is 12.1. The van der Waals surface area contributed by atoms with Crippen molar-refractivity contribution in [3.8, 4) is 11.4 Å². The van der Waals surface area contributed by atoms with E-state index < -0.39 is 0 Å². The number of carbonyl (C=O) groups is 1. The van der Waals surface area contributed by atoms with Gasteiger partial charge < -0.3 is 10.1 Å². The molecule has 5 nitrogen and oxygen atoms in total. The average molecular weight is 271 g/mol. The summed E-state index contributed by atoms with van der Waals surface area (Å²) in [6.07, 6.45) is 3.35. The third-order valence-corrected chi connectivity index (χ3v) is 2.74. The first-order valence-corrected chi connectivity index (χ1v) is 6.38. The number of benzene rings is 1. The number of methoxy groups -OCH3 is 1. The van der Waals surface area contributed by atoms with Crippen molar-refractivity contribution in [3.05, 3.63) is 48.3 Å². The van der Waals surface area contributed by atoms with Gasteiger partial charge in [-0.25, -0.2) is 9.97 Å². The minimum Gasteiger partial charge on any atom is -0.383 e. The SMILES string of the molecule is COC[C@H](C)NC(=O)c1cccc(-c2ncccn2)c1. The first-order valence-electron chi connectivity index (χ1n) is 6.38. The second kappa shape index (κ2) is 6.77. The zero-order valence-corrected chi connectivity index (χ0v) is 11.5. The van der Waals surface area contributed by atoms with Crippen molar-refractivity contribution < 1.29 is 9.53 Å². The predicted octanol–water partition coefficient (Wildman–Crippen LogP) is 1.91. The molecule has 1 amide bonds. The summed E-state index contributed by atoms with van der Waals surface area (Å²) in [5.74, 6) is 0.472. The normalized spacial score (nSPS) is 11.9. The van der Waals surface area contributed by atoms with Crippen LogP contribution in [0.1, 0.15) is 17.3 Å². The van der Waals surface area contributed by atoms with Crippen molar-refractivity contribution in [3.63, 3.8) is 0 Å². The van der Waals surface area contributed by atoms with Crippen LogP contribution in [0.5, 0.6) is 0 Å². The standard InChI is InChI=1S/C15H17N3O2/c1-11(10-20-2)18-15(19)13-6-3-5-12(9-13)14-16-7-4-8-17-14/h3-9,11H,10H2,1-2H3,(H,18,19)/t11-/m0/s1. The van der Waals surface area contributed by atoms with Gasteiger partial charge in [0.1, 0.15) is 0 Å². The first kappa shape index (κ1) is 14.1. The Labute approximate surface area is 118 Å². The lowest BCUT2D eigenvalue weighted by molar-refractivity contribution is 0.0905. The molecule has 20 heavy (non-hydrogen) atoms. The molecule has 1 atom stereocenters. The topological polar surface area (TPSA) is 64.1 Å². The first-order chi connectivity index (χ1) is 9.70. The van der Waals surface area contributed by atoms with Gasteiger partial charge in [0.2, 0.25) is 0 Å². The largest absolute Gasteiger partial charge is 0.383 e. The Kier molecular flexibility index (Phi) is 4.79. The number of amides is 1. The Hall–Kier alpha value is -2.27. The van der Waals surface area contributed by atoms with E-state index in [1.807, 2.05) is 19.1 Å². The summed E-state index contributed by atoms with van der Waals surface area (Å²) >= 11 is 0. The molecule has 5 heteroatoms. The van der Waals surface area contributed by atoms with Gasteiger partial charge in [-0.05, 0) is 25.1 Å². The van der Waals surface area contributed by atoms with Crippen LogP contribution in [0.25, 0.3) is 11.4 Å². The van der Waals surface area contributed by atoms with Crippen LogP contribution in [0.3, 0.4) is 0 Å². The van der Waals surface area contributed by atoms with E-state index in [0.29, 0.717) is 18.0 Å². The van der Waals surface area contributed by atoms with Crippen LogP contribution in [0, 0.1) is 0 Å². The number of carbonyl (C=O) groups excluding carboxylic acids is 1. The number of aromatic nitrogens is 2. The van der Waals surface area contributed by atoms with Crippen LogP contribution in [0.4, 0.5) is 0 Å². The lowest BCUT2D eigenvalue weighted by atomic mass is 10.1. The molecule has 104 valence electrons. The van der Waals surface area contributed by atoms with Gasteiger partial charge >= 0.3 is 0 Å². The van der Waals surface area contributed by atoms with E-state index in [4.69, 9.17) is 4.74 Å². The summed E-state index contributed by atoms with van der Waals surface area (Å²) in [5, 5.41) is 2.87. The number of nitrogens with zero attached hydrogens (tertiary/aromatic N) is 2. The van der Waals surface area contributed by atoms with Gasteiger partial charge in [0.15, 0.2) is 5.82 Å². The van der Waals surface area contributed by atoms with Gasteiger partial charge in [-0.1, -0.05) is 12.1 Å². The highest BCUT2D eigenvalue weighted by Crippen LogP contribution is 2.15. The van der Waals surface area contributed by atoms with Gasteiger partial charge in [-0.3, -0.25) is 4.79 Å². The lowest BCUT2D eigenvalue weighted by Crippen LogP contribution is -2.35. The molecule has 0 aliphatic heterocycles. The maximum Gasteiger partial charge on any atom is 0.251 e. The zero-order chi connectivity index (χ0) is 14.4. The van der Waals surface area contributed by atoms with Gasteiger partial charge in [0.05, 0.1) is 6.61 Å². The summed E-state index contributed by atoms with van der Waals surface area (Å²) in [7, 11) is 1.61. The van der Waals surface area contributed by atoms with E-state index >= 15 is 0 Å². The highest BCUT2D eigenvalue weighted by molar-refractivity contribution is 5.95. The molecule has 1 N–H and O–H groups in total. The molecule has 0 radical (unpaired) electrons. The second-order valence-electron chi connectivity index (χ2n) is 4.48. The van der Waals surface area contributed by atoms with E-state index in [0.717, 1.165) is 5.56 Å². The van der Waals surface area contributed by atoms with Gasteiger partial charge in [-0.2, -0.15) is 0 Å². The highest BCUT2D eigenvalue weighted by Gasteiger charge is 2.11. The van der Waals surface area contributed by atoms with Crippen LogP contribution >= 0.6 is 0 Å². The zero-order valence-electron chi connectivity index (χ0n) is 11.5. The fraction of sp³-hybridized carbons (Fsp3) is 0.267. The minimum absolute atomic E-state index is 0.0378. The molecule has 0 spiro atoms. The van der Waals surface area contributed by atoms with E-state index in [9.17, 15) is 4.79 Å². The molecule has 1 heterocycles. The number of rotatable bonds is 5. The van der Waals surface area contributed by atoms with Gasteiger partial charge in [0, 0.05) is 36.7 Å². The lowest BCUT2D eigenvalue weighted by Gasteiger charge is -2.13. The Morgan fingerprint density at radius 2 is 2.05 bits per heavy atom. The summed E-state index contributed by atoms with van der Waals surface area (Å²) in [6.45, 7) is 2.37. The van der Waals surface area contributed by atoms with Crippen LogP contribution in [0.15, 0.2) is 42.7 Å². The molecule has 2 rings (SSSR count). The Morgan fingerprint density at radius 1 is 1.30 bits per heavy atom. The summed E-state index contributed by atoms with van der Waals surface area (Å²) in [5.41, 5.74) is 1.40. The Bertz CT molecular complexity index is 572. The fourth-order valence-electron chi connectivity index (χ4n) is 1.85. The molecule has 1 aromatic carbocycles. The molecule has 0 saturated carbocycles.